The van der Waals surface area contributed by atoms with E-state index in [0.29, 0.717) is 29.2 Å². The Morgan fingerprint density at radius 2 is 1.07 bits per heavy atom. The number of hydrogen-bond donors (Lipinski definition) is 2. The number of aromatic nitrogens is 3. The smallest absolute Gasteiger partial charge is 0.394 e. The van der Waals surface area contributed by atoms with Gasteiger partial charge in [-0.2, -0.15) is 39.5 Å². The van der Waals surface area contributed by atoms with Crippen LogP contribution < -0.4 is 22.4 Å². The fourth-order valence-corrected chi connectivity index (χ4v) is 2.64. The number of aromatic amines is 1. The molecule has 0 saturated carbocycles. The van der Waals surface area contributed by atoms with Crippen molar-refractivity contribution in [3.63, 3.8) is 0 Å². The number of nitrogens with zero attached hydrogens (tertiary/aromatic N) is 4. The summed E-state index contributed by atoms with van der Waals surface area (Å²) in [5, 5.41) is 20.4. The highest BCUT2D eigenvalue weighted by molar-refractivity contribution is 5.38. The minimum absolute atomic E-state index is 0.193. The molecule has 230 valence electrons. The van der Waals surface area contributed by atoms with Gasteiger partial charge in [0.2, 0.25) is 0 Å². The quantitative estimate of drug-likeness (QED) is 0.246. The molecule has 3 aromatic rings. The second-order valence-corrected chi connectivity index (χ2v) is 7.74. The van der Waals surface area contributed by atoms with E-state index in [1.807, 2.05) is 0 Å². The van der Waals surface area contributed by atoms with E-state index in [2.05, 4.69) is 0 Å². The molecular weight excluding hydrogens is 607 g/mol. The molecule has 0 aliphatic carbocycles. The minimum Gasteiger partial charge on any atom is -0.394 e. The van der Waals surface area contributed by atoms with Crippen LogP contribution in [0.5, 0.6) is 0 Å². The average Bonchev–Trinajstić information content (AvgIpc) is 2.82. The maximum absolute atomic E-state index is 12.2. The Hall–Kier alpha value is -5.18. The van der Waals surface area contributed by atoms with Crippen molar-refractivity contribution in [3.05, 3.63) is 105 Å². The molecule has 3 heterocycles. The molecule has 0 aromatic carbocycles. The number of nitrogens with one attached hydrogen (secondary N) is 1. The molecule has 0 fully saturated rings. The van der Waals surface area contributed by atoms with E-state index >= 15 is 0 Å². The van der Waals surface area contributed by atoms with Crippen LogP contribution >= 0.6 is 0 Å². The van der Waals surface area contributed by atoms with Gasteiger partial charge in [-0.25, -0.2) is 0 Å². The van der Waals surface area contributed by atoms with Crippen molar-refractivity contribution in [2.75, 3.05) is 5.73 Å². The van der Waals surface area contributed by atoms with E-state index < -0.39 is 78.8 Å². The summed E-state index contributed by atoms with van der Waals surface area (Å²) in [5.41, 5.74) is -3.82. The van der Waals surface area contributed by atoms with Crippen molar-refractivity contribution < 1.29 is 49.4 Å². The summed E-state index contributed by atoms with van der Waals surface area (Å²) in [6.07, 6.45) is -12.3. The van der Waals surface area contributed by atoms with Gasteiger partial charge in [0.25, 0.3) is 5.56 Å². The summed E-state index contributed by atoms with van der Waals surface area (Å²) < 4.78 is 110. The Morgan fingerprint density at radius 1 is 0.690 bits per heavy atom. The van der Waals surface area contributed by atoms with Crippen LogP contribution in [-0.4, -0.2) is 24.0 Å². The van der Waals surface area contributed by atoms with E-state index in [9.17, 15) is 74.1 Å². The van der Waals surface area contributed by atoms with Crippen molar-refractivity contribution in [2.45, 2.75) is 18.5 Å². The molecular formula is C20H15F9N6O7. The molecule has 3 N–H and O–H groups in total. The first-order valence-corrected chi connectivity index (χ1v) is 10.3. The largest absolute Gasteiger partial charge is 0.418 e. The lowest BCUT2D eigenvalue weighted by Crippen LogP contribution is -2.22. The first-order valence-electron chi connectivity index (χ1n) is 10.3. The number of H-pyrrole nitrogens is 1. The van der Waals surface area contributed by atoms with Crippen LogP contribution in [0.4, 0.5) is 56.6 Å². The maximum atomic E-state index is 12.2. The van der Waals surface area contributed by atoms with Gasteiger partial charge in [-0.3, -0.25) is 34.6 Å². The number of pyridine rings is 3. The van der Waals surface area contributed by atoms with E-state index in [-0.39, 0.29) is 12.1 Å². The molecule has 0 bridgehead atoms. The zero-order valence-electron chi connectivity index (χ0n) is 20.6. The number of rotatable bonds is 2. The number of nitrogens with two attached hydrogens (primary N) is 1. The van der Waals surface area contributed by atoms with Gasteiger partial charge in [0.05, 0.1) is 32.2 Å². The van der Waals surface area contributed by atoms with Crippen LogP contribution in [0.15, 0.2) is 51.2 Å². The van der Waals surface area contributed by atoms with Gasteiger partial charge in [0.15, 0.2) is 0 Å². The van der Waals surface area contributed by atoms with E-state index in [1.165, 1.54) is 7.05 Å². The van der Waals surface area contributed by atoms with Gasteiger partial charge in [0.1, 0.15) is 0 Å². The molecule has 0 amide bonds. The van der Waals surface area contributed by atoms with Crippen molar-refractivity contribution in [1.29, 1.82) is 0 Å². The third kappa shape index (κ3) is 9.19. The van der Waals surface area contributed by atoms with Gasteiger partial charge in [-0.05, 0) is 6.07 Å². The molecule has 0 radical (unpaired) electrons. The third-order valence-corrected chi connectivity index (χ3v) is 4.63. The molecule has 3 rings (SSSR count). The minimum atomic E-state index is -4.71. The van der Waals surface area contributed by atoms with E-state index in [0.717, 1.165) is 11.6 Å². The van der Waals surface area contributed by atoms with Crippen LogP contribution in [0, 0.1) is 20.2 Å². The molecule has 0 aliphatic rings. The third-order valence-electron chi connectivity index (χ3n) is 4.63. The summed E-state index contributed by atoms with van der Waals surface area (Å²) in [6.45, 7) is 0. The van der Waals surface area contributed by atoms with Crippen molar-refractivity contribution in [3.8, 4) is 0 Å². The normalized spacial score (nSPS) is 11.5. The molecule has 0 spiro atoms. The molecule has 22 heteroatoms. The number of halogens is 9. The molecule has 0 saturated heterocycles. The molecule has 3 aromatic heterocycles. The van der Waals surface area contributed by atoms with Gasteiger partial charge < -0.3 is 19.9 Å². The molecule has 13 nitrogen and oxygen atoms in total. The summed E-state index contributed by atoms with van der Waals surface area (Å²) in [5.74, 6) is 0. The second kappa shape index (κ2) is 12.6. The first-order chi connectivity index (χ1) is 18.9. The summed E-state index contributed by atoms with van der Waals surface area (Å²) in [6, 6.07) is 1.05. The lowest BCUT2D eigenvalue weighted by molar-refractivity contribution is -0.386. The molecule has 0 aliphatic heterocycles. The molecule has 0 unspecified atom stereocenters. The fraction of sp³-hybridized carbons (Fsp3) is 0.250. The highest BCUT2D eigenvalue weighted by Crippen LogP contribution is 2.31. The van der Waals surface area contributed by atoms with Crippen LogP contribution in [0.3, 0.4) is 0 Å². The monoisotopic (exact) mass is 622 g/mol. The number of nitrogen functional groups attached to an aromatic ring is 1. The highest BCUT2D eigenvalue weighted by atomic mass is 19.4. The number of hydrogen-bond acceptors (Lipinski definition) is 8. The number of anilines is 1. The fourth-order valence-electron chi connectivity index (χ4n) is 2.64. The Balaban J connectivity index is 0.000000316. The Kier molecular flexibility index (Phi) is 10.4. The Bertz CT molecular complexity index is 1630. The topological polar surface area (TPSA) is 189 Å². The van der Waals surface area contributed by atoms with Crippen LogP contribution in [0.2, 0.25) is 0 Å². The summed E-state index contributed by atoms with van der Waals surface area (Å²) >= 11 is 0. The zero-order chi connectivity index (χ0) is 33.0. The van der Waals surface area contributed by atoms with Crippen LogP contribution in [0.1, 0.15) is 16.7 Å². The highest BCUT2D eigenvalue weighted by Gasteiger charge is 2.35. The van der Waals surface area contributed by atoms with Gasteiger partial charge in [-0.15, -0.1) is 0 Å². The Morgan fingerprint density at radius 3 is 1.45 bits per heavy atom. The SMILES string of the molecule is Cn1cc(C(F)(F)F)cc(N)c1=O.Cn1cc(C(F)(F)F)cc([N+](=O)[O-])c1=O.O=c1[nH]cc(C(F)(F)F)cc1[N+](=O)[O-]. The van der Waals surface area contributed by atoms with E-state index in [1.54, 1.807) is 4.98 Å². The average molecular weight is 622 g/mol. The van der Waals surface area contributed by atoms with Crippen LogP contribution in [0.25, 0.3) is 0 Å². The van der Waals surface area contributed by atoms with Crippen molar-refractivity contribution in [2.24, 2.45) is 14.1 Å². The first kappa shape index (κ1) is 34.8. The number of alkyl halides is 9. The lowest BCUT2D eigenvalue weighted by atomic mass is 10.2. The second-order valence-electron chi connectivity index (χ2n) is 7.74. The van der Waals surface area contributed by atoms with Crippen LogP contribution in [-0.2, 0) is 32.6 Å². The predicted molar refractivity (Wildman–Crippen MR) is 123 cm³/mol. The summed E-state index contributed by atoms with van der Waals surface area (Å²) in [4.78, 5) is 52.4. The van der Waals surface area contributed by atoms with Gasteiger partial charge in [0, 0.05) is 44.8 Å². The van der Waals surface area contributed by atoms with Gasteiger partial charge in [-0.1, -0.05) is 0 Å². The lowest BCUT2D eigenvalue weighted by Gasteiger charge is -2.08. The Labute approximate surface area is 224 Å². The standard InChI is InChI=1S/C7H5F3N2O3.C7H7F3N2O.C6H3F3N2O3/c1-11-3-4(7(8,9)10)2-5(6(11)13)12(14)15;1-12-3-4(7(8,9)10)2-5(11)6(12)13;7-6(8,9)3-1-4(11(13)14)5(12)10-2-3/h2-3H,1H3;2-3H,11H2,1H3;1-2H,(H,10,12). The maximum Gasteiger partial charge on any atom is 0.418 e. The van der Waals surface area contributed by atoms with Crippen molar-refractivity contribution >= 4 is 17.1 Å². The van der Waals surface area contributed by atoms with E-state index in [4.69, 9.17) is 5.73 Å². The van der Waals surface area contributed by atoms with Crippen molar-refractivity contribution in [1.82, 2.24) is 14.1 Å². The zero-order valence-corrected chi connectivity index (χ0v) is 20.6. The predicted octanol–water partition coefficient (Wildman–Crippen LogP) is 3.60. The van der Waals surface area contributed by atoms with Gasteiger partial charge >= 0.3 is 41.0 Å². The number of aryl methyl sites for hydroxylation is 2. The molecule has 42 heavy (non-hydrogen) atoms. The number of nitro groups is 2. The molecule has 0 atom stereocenters. The summed E-state index contributed by atoms with van der Waals surface area (Å²) in [7, 11) is 2.23.